The minimum atomic E-state index is -0.323. The van der Waals surface area contributed by atoms with Gasteiger partial charge in [-0.1, -0.05) is 37.6 Å². The van der Waals surface area contributed by atoms with Gasteiger partial charge < -0.3 is 10.2 Å². The van der Waals surface area contributed by atoms with Gasteiger partial charge in [0.1, 0.15) is 11.4 Å². The molecule has 25 heavy (non-hydrogen) atoms. The van der Waals surface area contributed by atoms with Gasteiger partial charge in [0, 0.05) is 18.8 Å². The summed E-state index contributed by atoms with van der Waals surface area (Å²) in [5.74, 6) is -0.454. The van der Waals surface area contributed by atoms with E-state index in [4.69, 9.17) is 0 Å². The zero-order valence-corrected chi connectivity index (χ0v) is 15.1. The molecule has 0 unspecified atom stereocenters. The molecule has 0 atom stereocenters. The molecule has 5 nitrogen and oxygen atoms in total. The number of nitrogens with zero attached hydrogens (tertiary/aromatic N) is 2. The predicted octanol–water partition coefficient (Wildman–Crippen LogP) is 3.90. The van der Waals surface area contributed by atoms with E-state index in [0.29, 0.717) is 24.5 Å². The maximum absolute atomic E-state index is 12.6. The first kappa shape index (κ1) is 18.6. The summed E-state index contributed by atoms with van der Waals surface area (Å²) in [6.07, 6.45) is 1.78. The van der Waals surface area contributed by atoms with Gasteiger partial charge >= 0.3 is 0 Å². The number of aryl methyl sites for hydroxylation is 1. The molecule has 0 spiro atoms. The number of hydrogen-bond donors (Lipinski definition) is 1. The summed E-state index contributed by atoms with van der Waals surface area (Å²) in [5.41, 5.74) is 2.36. The van der Waals surface area contributed by atoms with Crippen molar-refractivity contribution in [3.63, 3.8) is 0 Å². The van der Waals surface area contributed by atoms with Crippen molar-refractivity contribution in [1.29, 1.82) is 0 Å². The highest BCUT2D eigenvalue weighted by molar-refractivity contribution is 6.03. The van der Waals surface area contributed by atoms with E-state index in [2.05, 4.69) is 10.3 Å². The van der Waals surface area contributed by atoms with Gasteiger partial charge in [0.25, 0.3) is 11.8 Å². The number of carbonyl (C=O) groups is 2. The number of nitrogens with one attached hydrogen (secondary N) is 1. The molecule has 1 aromatic carbocycles. The maximum atomic E-state index is 12.6. The summed E-state index contributed by atoms with van der Waals surface area (Å²) >= 11 is 0. The predicted molar refractivity (Wildman–Crippen MR) is 99.9 cm³/mol. The van der Waals surface area contributed by atoms with Crippen LogP contribution in [0.25, 0.3) is 0 Å². The molecule has 0 aliphatic heterocycles. The third-order valence-corrected chi connectivity index (χ3v) is 3.78. The Kier molecular flexibility index (Phi) is 6.69. The van der Waals surface area contributed by atoms with Gasteiger partial charge in [-0.25, -0.2) is 4.98 Å². The van der Waals surface area contributed by atoms with Crippen LogP contribution >= 0.6 is 0 Å². The lowest BCUT2D eigenvalue weighted by atomic mass is 10.2. The van der Waals surface area contributed by atoms with Crippen LogP contribution in [0.4, 0.5) is 5.69 Å². The summed E-state index contributed by atoms with van der Waals surface area (Å²) in [6.45, 7) is 7.44. The minimum absolute atomic E-state index is 0.131. The first-order chi connectivity index (χ1) is 12.0. The van der Waals surface area contributed by atoms with Gasteiger partial charge in [-0.3, -0.25) is 9.59 Å². The van der Waals surface area contributed by atoms with Gasteiger partial charge in [-0.15, -0.1) is 0 Å². The van der Waals surface area contributed by atoms with Crippen LogP contribution in [-0.4, -0.2) is 34.8 Å². The molecule has 132 valence electrons. The van der Waals surface area contributed by atoms with E-state index in [-0.39, 0.29) is 17.5 Å². The van der Waals surface area contributed by atoms with Crippen molar-refractivity contribution in [2.75, 3.05) is 18.4 Å². The Morgan fingerprint density at radius 3 is 2.16 bits per heavy atom. The Morgan fingerprint density at radius 1 is 0.960 bits per heavy atom. The van der Waals surface area contributed by atoms with Crippen LogP contribution < -0.4 is 5.32 Å². The Hall–Kier alpha value is -2.69. The monoisotopic (exact) mass is 339 g/mol. The molecule has 0 aliphatic carbocycles. The standard InChI is InChI=1S/C20H25N3O2/c1-4-13-23(14-5-2)20(25)18-8-6-7-17(22-18)19(24)21-16-11-9-15(3)10-12-16/h6-12H,4-5,13-14H2,1-3H3,(H,21,24). The summed E-state index contributed by atoms with van der Waals surface area (Å²) in [7, 11) is 0. The Balaban J connectivity index is 2.15. The largest absolute Gasteiger partial charge is 0.337 e. The van der Waals surface area contributed by atoms with Crippen LogP contribution in [0.1, 0.15) is 53.2 Å². The quantitative estimate of drug-likeness (QED) is 0.832. The van der Waals surface area contributed by atoms with Crippen molar-refractivity contribution in [1.82, 2.24) is 9.88 Å². The van der Waals surface area contributed by atoms with E-state index in [1.807, 2.05) is 45.0 Å². The van der Waals surface area contributed by atoms with Gasteiger partial charge in [-0.05, 0) is 44.0 Å². The molecule has 5 heteroatoms. The Morgan fingerprint density at radius 2 is 1.56 bits per heavy atom. The fourth-order valence-corrected chi connectivity index (χ4v) is 2.53. The second kappa shape index (κ2) is 8.97. The number of hydrogen-bond acceptors (Lipinski definition) is 3. The van der Waals surface area contributed by atoms with Crippen LogP contribution in [-0.2, 0) is 0 Å². The average Bonchev–Trinajstić information content (AvgIpc) is 2.63. The Bertz CT molecular complexity index is 720. The van der Waals surface area contributed by atoms with Gasteiger partial charge in [0.2, 0.25) is 0 Å². The van der Waals surface area contributed by atoms with Crippen LogP contribution in [0, 0.1) is 6.92 Å². The third-order valence-electron chi connectivity index (χ3n) is 3.78. The minimum Gasteiger partial charge on any atom is -0.337 e. The van der Waals surface area contributed by atoms with Crippen molar-refractivity contribution >= 4 is 17.5 Å². The maximum Gasteiger partial charge on any atom is 0.274 e. The van der Waals surface area contributed by atoms with Gasteiger partial charge in [-0.2, -0.15) is 0 Å². The number of benzene rings is 1. The van der Waals surface area contributed by atoms with E-state index >= 15 is 0 Å². The second-order valence-corrected chi connectivity index (χ2v) is 6.02. The normalized spacial score (nSPS) is 10.4. The van der Waals surface area contributed by atoms with Crippen LogP contribution in [0.3, 0.4) is 0 Å². The summed E-state index contributed by atoms with van der Waals surface area (Å²) < 4.78 is 0. The zero-order chi connectivity index (χ0) is 18.2. The van der Waals surface area contributed by atoms with E-state index in [0.717, 1.165) is 18.4 Å². The lowest BCUT2D eigenvalue weighted by molar-refractivity contribution is 0.0749. The Labute approximate surface area is 149 Å². The average molecular weight is 339 g/mol. The smallest absolute Gasteiger partial charge is 0.274 e. The first-order valence-corrected chi connectivity index (χ1v) is 8.69. The van der Waals surface area contributed by atoms with E-state index in [9.17, 15) is 9.59 Å². The number of aromatic nitrogens is 1. The zero-order valence-electron chi connectivity index (χ0n) is 15.1. The highest BCUT2D eigenvalue weighted by atomic mass is 16.2. The molecule has 0 radical (unpaired) electrons. The fraction of sp³-hybridized carbons (Fsp3) is 0.350. The summed E-state index contributed by atoms with van der Waals surface area (Å²) in [4.78, 5) is 31.1. The number of anilines is 1. The second-order valence-electron chi connectivity index (χ2n) is 6.02. The lowest BCUT2D eigenvalue weighted by Crippen LogP contribution is -2.33. The number of pyridine rings is 1. The summed E-state index contributed by atoms with van der Waals surface area (Å²) in [6, 6.07) is 12.5. The van der Waals surface area contributed by atoms with Crippen LogP contribution in [0.15, 0.2) is 42.5 Å². The number of amides is 2. The molecule has 1 aromatic heterocycles. The fourth-order valence-electron chi connectivity index (χ4n) is 2.53. The molecule has 0 aliphatic rings. The topological polar surface area (TPSA) is 62.3 Å². The van der Waals surface area contributed by atoms with Gasteiger partial charge in [0.05, 0.1) is 0 Å². The molecule has 0 bridgehead atoms. The van der Waals surface area contributed by atoms with Crippen LogP contribution in [0.5, 0.6) is 0 Å². The van der Waals surface area contributed by atoms with E-state index < -0.39 is 0 Å². The molecule has 2 aromatic rings. The van der Waals surface area contributed by atoms with E-state index in [1.54, 1.807) is 23.1 Å². The lowest BCUT2D eigenvalue weighted by Gasteiger charge is -2.21. The molecule has 1 N–H and O–H groups in total. The van der Waals surface area contributed by atoms with Crippen molar-refractivity contribution in [2.45, 2.75) is 33.6 Å². The van der Waals surface area contributed by atoms with Gasteiger partial charge in [0.15, 0.2) is 0 Å². The molecule has 2 amide bonds. The molecule has 0 fully saturated rings. The molecule has 0 saturated carbocycles. The molecular weight excluding hydrogens is 314 g/mol. The van der Waals surface area contributed by atoms with Crippen molar-refractivity contribution < 1.29 is 9.59 Å². The number of rotatable bonds is 7. The van der Waals surface area contributed by atoms with Crippen molar-refractivity contribution in [2.24, 2.45) is 0 Å². The molecule has 2 rings (SSSR count). The third kappa shape index (κ3) is 5.14. The van der Waals surface area contributed by atoms with Crippen LogP contribution in [0.2, 0.25) is 0 Å². The molecule has 0 saturated heterocycles. The van der Waals surface area contributed by atoms with E-state index in [1.165, 1.54) is 0 Å². The summed E-state index contributed by atoms with van der Waals surface area (Å²) in [5, 5.41) is 2.80. The highest BCUT2D eigenvalue weighted by Gasteiger charge is 2.17. The molecular formula is C20H25N3O2. The van der Waals surface area contributed by atoms with Crippen molar-refractivity contribution in [3.05, 3.63) is 59.4 Å². The highest BCUT2D eigenvalue weighted by Crippen LogP contribution is 2.11. The van der Waals surface area contributed by atoms with Crippen molar-refractivity contribution in [3.8, 4) is 0 Å². The SMILES string of the molecule is CCCN(CCC)C(=O)c1cccc(C(=O)Nc2ccc(C)cc2)n1. The first-order valence-electron chi connectivity index (χ1n) is 8.69. The molecule has 1 heterocycles. The number of carbonyl (C=O) groups excluding carboxylic acids is 2.